The fraction of sp³-hybridized carbons (Fsp3) is 0.208. The van der Waals surface area contributed by atoms with Crippen LogP contribution in [0, 0.1) is 0 Å². The topological polar surface area (TPSA) is 65.5 Å². The molecule has 6 nitrogen and oxygen atoms in total. The van der Waals surface area contributed by atoms with Gasteiger partial charge in [0.05, 0.1) is 6.42 Å². The van der Waals surface area contributed by atoms with Crippen LogP contribution in [0.5, 0.6) is 0 Å². The minimum atomic E-state index is -0.238. The lowest BCUT2D eigenvalue weighted by molar-refractivity contribution is -0.134. The number of hydrogen-bond donors (Lipinski definition) is 1. The second-order valence-electron chi connectivity index (χ2n) is 7.26. The number of carbonyl (C=O) groups is 2. The van der Waals surface area contributed by atoms with Crippen molar-refractivity contribution in [3.63, 3.8) is 0 Å². The van der Waals surface area contributed by atoms with Crippen molar-refractivity contribution < 1.29 is 9.59 Å². The van der Waals surface area contributed by atoms with Crippen LogP contribution in [-0.2, 0) is 22.6 Å². The van der Waals surface area contributed by atoms with Gasteiger partial charge in [-0.3, -0.25) is 14.6 Å². The van der Waals surface area contributed by atoms with Crippen molar-refractivity contribution in [1.29, 1.82) is 0 Å². The summed E-state index contributed by atoms with van der Waals surface area (Å²) in [5.74, 6) is -0.346. The number of hydrogen-bond acceptors (Lipinski definition) is 4. The monoisotopic (exact) mass is 402 g/mol. The molecule has 1 aromatic heterocycles. The van der Waals surface area contributed by atoms with Crippen molar-refractivity contribution in [2.24, 2.45) is 0 Å². The van der Waals surface area contributed by atoms with Crippen LogP contribution in [0.15, 0.2) is 79.1 Å². The van der Waals surface area contributed by atoms with Gasteiger partial charge in [0.2, 0.25) is 11.8 Å². The van der Waals surface area contributed by atoms with E-state index in [1.165, 1.54) is 0 Å². The zero-order valence-corrected chi connectivity index (χ0v) is 17.3. The van der Waals surface area contributed by atoms with Crippen LogP contribution in [0.2, 0.25) is 0 Å². The second-order valence-corrected chi connectivity index (χ2v) is 7.26. The normalized spacial score (nSPS) is 10.3. The first-order valence-corrected chi connectivity index (χ1v) is 9.79. The highest BCUT2D eigenvalue weighted by Crippen LogP contribution is 2.16. The van der Waals surface area contributed by atoms with E-state index in [4.69, 9.17) is 0 Å². The number of nitrogens with zero attached hydrogens (tertiary/aromatic N) is 3. The third kappa shape index (κ3) is 6.17. The molecule has 0 unspecified atom stereocenters. The largest absolute Gasteiger partial charge is 0.378 e. The van der Waals surface area contributed by atoms with Gasteiger partial charge < -0.3 is 15.1 Å². The Balaban J connectivity index is 1.69. The van der Waals surface area contributed by atoms with E-state index in [-0.39, 0.29) is 24.8 Å². The molecule has 2 amide bonds. The highest BCUT2D eigenvalue weighted by atomic mass is 16.2. The van der Waals surface area contributed by atoms with E-state index >= 15 is 0 Å². The third-order valence-corrected chi connectivity index (χ3v) is 4.65. The zero-order chi connectivity index (χ0) is 21.3. The summed E-state index contributed by atoms with van der Waals surface area (Å²) in [7, 11) is 3.92. The first-order chi connectivity index (χ1) is 14.5. The van der Waals surface area contributed by atoms with Gasteiger partial charge in [0, 0.05) is 44.4 Å². The molecule has 0 spiro atoms. The molecule has 1 N–H and O–H groups in total. The molecule has 6 heteroatoms. The lowest BCUT2D eigenvalue weighted by atomic mass is 10.1. The summed E-state index contributed by atoms with van der Waals surface area (Å²) in [6.07, 6.45) is 3.64. The molecule has 0 aliphatic heterocycles. The number of amides is 2. The van der Waals surface area contributed by atoms with Crippen molar-refractivity contribution in [2.75, 3.05) is 30.9 Å². The Morgan fingerprint density at radius 2 is 1.60 bits per heavy atom. The molecule has 0 bridgehead atoms. The van der Waals surface area contributed by atoms with Crippen LogP contribution in [0.1, 0.15) is 11.1 Å². The Morgan fingerprint density at radius 3 is 2.23 bits per heavy atom. The van der Waals surface area contributed by atoms with Crippen LogP contribution >= 0.6 is 0 Å². The summed E-state index contributed by atoms with van der Waals surface area (Å²) >= 11 is 0. The van der Waals surface area contributed by atoms with E-state index in [0.29, 0.717) is 12.2 Å². The Bertz CT molecular complexity index is 958. The van der Waals surface area contributed by atoms with Gasteiger partial charge in [-0.05, 0) is 41.5 Å². The summed E-state index contributed by atoms with van der Waals surface area (Å²) in [4.78, 5) is 33.3. The maximum Gasteiger partial charge on any atom is 0.244 e. The molecule has 3 rings (SSSR count). The number of carbonyl (C=O) groups excluding carboxylic acids is 2. The van der Waals surface area contributed by atoms with Crippen molar-refractivity contribution >= 4 is 23.2 Å². The third-order valence-electron chi connectivity index (χ3n) is 4.65. The quantitative estimate of drug-likeness (QED) is 0.628. The standard InChI is InChI=1S/C24H26N4O2/c1-27(2)22-12-10-21(11-13-22)26-23(29)18-28(17-20-9-6-14-25-16-20)24(30)15-19-7-4-3-5-8-19/h3-14,16H,15,17-18H2,1-2H3,(H,26,29). The number of nitrogens with one attached hydrogen (secondary N) is 1. The number of anilines is 2. The number of pyridine rings is 1. The lowest BCUT2D eigenvalue weighted by Crippen LogP contribution is -2.38. The highest BCUT2D eigenvalue weighted by molar-refractivity contribution is 5.94. The van der Waals surface area contributed by atoms with Gasteiger partial charge in [0.1, 0.15) is 6.54 Å². The van der Waals surface area contributed by atoms with Gasteiger partial charge in [-0.2, -0.15) is 0 Å². The van der Waals surface area contributed by atoms with Crippen LogP contribution in [-0.4, -0.2) is 42.3 Å². The SMILES string of the molecule is CN(C)c1ccc(NC(=O)CN(Cc2cccnc2)C(=O)Cc2ccccc2)cc1. The summed E-state index contributed by atoms with van der Waals surface area (Å²) in [6, 6.07) is 20.8. The Hall–Kier alpha value is -3.67. The lowest BCUT2D eigenvalue weighted by Gasteiger charge is -2.22. The average Bonchev–Trinajstić information content (AvgIpc) is 2.75. The highest BCUT2D eigenvalue weighted by Gasteiger charge is 2.18. The minimum absolute atomic E-state index is 0.0318. The summed E-state index contributed by atoms with van der Waals surface area (Å²) < 4.78 is 0. The zero-order valence-electron chi connectivity index (χ0n) is 17.3. The number of benzene rings is 2. The molecule has 0 atom stereocenters. The molecular weight excluding hydrogens is 376 g/mol. The van der Waals surface area contributed by atoms with E-state index < -0.39 is 0 Å². The van der Waals surface area contributed by atoms with Crippen LogP contribution in [0.4, 0.5) is 11.4 Å². The fourth-order valence-electron chi connectivity index (χ4n) is 3.04. The Kier molecular flexibility index (Phi) is 7.16. The van der Waals surface area contributed by atoms with Crippen LogP contribution in [0.25, 0.3) is 0 Å². The summed E-state index contributed by atoms with van der Waals surface area (Å²) in [5, 5.41) is 2.88. The van der Waals surface area contributed by atoms with E-state index in [9.17, 15) is 9.59 Å². The van der Waals surface area contributed by atoms with Gasteiger partial charge in [0.25, 0.3) is 0 Å². The van der Waals surface area contributed by atoms with Crippen molar-refractivity contribution in [2.45, 2.75) is 13.0 Å². The summed E-state index contributed by atoms with van der Waals surface area (Å²) in [6.45, 7) is 0.294. The van der Waals surface area contributed by atoms with Gasteiger partial charge in [0.15, 0.2) is 0 Å². The molecular formula is C24H26N4O2. The maximum absolute atomic E-state index is 12.9. The first-order valence-electron chi connectivity index (χ1n) is 9.79. The molecule has 0 saturated carbocycles. The molecule has 0 saturated heterocycles. The first kappa shape index (κ1) is 21.0. The predicted molar refractivity (Wildman–Crippen MR) is 119 cm³/mol. The van der Waals surface area contributed by atoms with E-state index in [1.807, 2.05) is 85.7 Å². The average molecular weight is 402 g/mol. The second kappa shape index (κ2) is 10.2. The molecule has 30 heavy (non-hydrogen) atoms. The van der Waals surface area contributed by atoms with Crippen molar-refractivity contribution in [1.82, 2.24) is 9.88 Å². The van der Waals surface area contributed by atoms with E-state index in [1.54, 1.807) is 17.3 Å². The molecule has 2 aromatic carbocycles. The van der Waals surface area contributed by atoms with Gasteiger partial charge in [-0.1, -0.05) is 36.4 Å². The van der Waals surface area contributed by atoms with Gasteiger partial charge in [-0.15, -0.1) is 0 Å². The van der Waals surface area contributed by atoms with Crippen LogP contribution in [0.3, 0.4) is 0 Å². The minimum Gasteiger partial charge on any atom is -0.378 e. The molecule has 154 valence electrons. The van der Waals surface area contributed by atoms with Gasteiger partial charge in [-0.25, -0.2) is 0 Å². The van der Waals surface area contributed by atoms with E-state index in [0.717, 1.165) is 16.8 Å². The summed E-state index contributed by atoms with van der Waals surface area (Å²) in [5.41, 5.74) is 3.53. The molecule has 0 aliphatic rings. The predicted octanol–water partition coefficient (Wildman–Crippen LogP) is 3.36. The molecule has 0 radical (unpaired) electrons. The van der Waals surface area contributed by atoms with Gasteiger partial charge >= 0.3 is 0 Å². The molecule has 0 fully saturated rings. The fourth-order valence-corrected chi connectivity index (χ4v) is 3.04. The smallest absolute Gasteiger partial charge is 0.244 e. The van der Waals surface area contributed by atoms with E-state index in [2.05, 4.69) is 10.3 Å². The number of rotatable bonds is 8. The van der Waals surface area contributed by atoms with Crippen molar-refractivity contribution in [3.05, 3.63) is 90.3 Å². The van der Waals surface area contributed by atoms with Crippen LogP contribution < -0.4 is 10.2 Å². The Labute approximate surface area is 177 Å². The molecule has 1 heterocycles. The molecule has 3 aromatic rings. The Morgan fingerprint density at radius 1 is 0.900 bits per heavy atom. The number of aromatic nitrogens is 1. The maximum atomic E-state index is 12.9. The van der Waals surface area contributed by atoms with Crippen molar-refractivity contribution in [3.8, 4) is 0 Å². The molecule has 0 aliphatic carbocycles.